The molecule has 0 bridgehead atoms. The number of nitrogens with one attached hydrogen (secondary N) is 1. The zero-order valence-corrected chi connectivity index (χ0v) is 9.20. The Morgan fingerprint density at radius 1 is 1.40 bits per heavy atom. The van der Waals surface area contributed by atoms with Crippen molar-refractivity contribution in [1.29, 1.82) is 0 Å². The van der Waals surface area contributed by atoms with Gasteiger partial charge in [0, 0.05) is 13.0 Å². The molecule has 0 spiro atoms. The fourth-order valence-electron chi connectivity index (χ4n) is 1.85. The van der Waals surface area contributed by atoms with Crippen LogP contribution in [0.1, 0.15) is 27.2 Å². The summed E-state index contributed by atoms with van der Waals surface area (Å²) in [6.07, 6.45) is 0.675. The Morgan fingerprint density at radius 2 is 2.07 bits per heavy atom. The zero-order valence-electron chi connectivity index (χ0n) is 9.20. The fourth-order valence-corrected chi connectivity index (χ4v) is 1.85. The van der Waals surface area contributed by atoms with Crippen molar-refractivity contribution < 1.29 is 9.59 Å². The number of piperidine rings is 1. The average Bonchev–Trinajstić information content (AvgIpc) is 2.44. The highest BCUT2D eigenvalue weighted by molar-refractivity contribution is 6.23. The first-order valence-electron chi connectivity index (χ1n) is 5.10. The third-order valence-corrected chi connectivity index (χ3v) is 2.60. The van der Waals surface area contributed by atoms with Crippen LogP contribution in [0.25, 0.3) is 0 Å². The minimum Gasteiger partial charge on any atom is -0.355 e. The molecule has 0 saturated carbocycles. The lowest BCUT2D eigenvalue weighted by atomic mass is 9.95. The number of hydrogen-bond donors (Lipinski definition) is 1. The number of hydrazone groups is 1. The van der Waals surface area contributed by atoms with Gasteiger partial charge in [0.05, 0.1) is 11.3 Å². The molecule has 15 heavy (non-hydrogen) atoms. The van der Waals surface area contributed by atoms with E-state index in [1.165, 1.54) is 5.01 Å². The van der Waals surface area contributed by atoms with Crippen LogP contribution in [0.3, 0.4) is 0 Å². The Morgan fingerprint density at radius 3 is 2.60 bits per heavy atom. The first kappa shape index (κ1) is 10.1. The van der Waals surface area contributed by atoms with E-state index in [0.29, 0.717) is 18.7 Å². The van der Waals surface area contributed by atoms with Gasteiger partial charge in [0.15, 0.2) is 5.92 Å². The molecule has 2 aliphatic heterocycles. The molecule has 1 fully saturated rings. The van der Waals surface area contributed by atoms with Gasteiger partial charge in [-0.1, -0.05) is 0 Å². The molecule has 0 aliphatic carbocycles. The summed E-state index contributed by atoms with van der Waals surface area (Å²) < 4.78 is 0. The van der Waals surface area contributed by atoms with E-state index in [1.54, 1.807) is 0 Å². The van der Waals surface area contributed by atoms with Gasteiger partial charge in [-0.2, -0.15) is 5.10 Å². The number of amides is 2. The minimum atomic E-state index is -0.669. The van der Waals surface area contributed by atoms with Crippen LogP contribution in [0.5, 0.6) is 0 Å². The first-order chi connectivity index (χ1) is 6.91. The highest BCUT2D eigenvalue weighted by Crippen LogP contribution is 2.27. The zero-order chi connectivity index (χ0) is 11.2. The van der Waals surface area contributed by atoms with Gasteiger partial charge < -0.3 is 5.32 Å². The monoisotopic (exact) mass is 209 g/mol. The number of nitrogens with zero attached hydrogens (tertiary/aromatic N) is 2. The smallest absolute Gasteiger partial charge is 0.261 e. The largest absolute Gasteiger partial charge is 0.355 e. The van der Waals surface area contributed by atoms with E-state index in [-0.39, 0.29) is 17.4 Å². The second kappa shape index (κ2) is 3.05. The Labute approximate surface area is 88.5 Å². The Kier molecular flexibility index (Phi) is 2.06. The van der Waals surface area contributed by atoms with Gasteiger partial charge in [-0.25, -0.2) is 5.01 Å². The lowest BCUT2D eigenvalue weighted by Gasteiger charge is -2.28. The molecule has 5 heteroatoms. The van der Waals surface area contributed by atoms with Crippen LogP contribution in [-0.4, -0.2) is 34.6 Å². The van der Waals surface area contributed by atoms with Crippen molar-refractivity contribution in [2.75, 3.05) is 6.54 Å². The molecule has 2 amide bonds. The van der Waals surface area contributed by atoms with Gasteiger partial charge in [-0.15, -0.1) is 0 Å². The molecular weight excluding hydrogens is 194 g/mol. The van der Waals surface area contributed by atoms with Crippen molar-refractivity contribution in [2.24, 2.45) is 11.0 Å². The van der Waals surface area contributed by atoms with Crippen molar-refractivity contribution in [3.05, 3.63) is 0 Å². The number of rotatable bonds is 0. The number of fused-ring (bicyclic) bond motifs is 1. The molecule has 2 heterocycles. The minimum absolute atomic E-state index is 0.199. The van der Waals surface area contributed by atoms with E-state index in [2.05, 4.69) is 10.4 Å². The number of carbonyl (C=O) groups excluding carboxylic acids is 2. The molecule has 0 aromatic carbocycles. The van der Waals surface area contributed by atoms with Crippen LogP contribution in [0, 0.1) is 5.92 Å². The summed E-state index contributed by atoms with van der Waals surface area (Å²) in [6, 6.07) is 0. The summed E-state index contributed by atoms with van der Waals surface area (Å²) in [5.74, 6) is -1.08. The highest BCUT2D eigenvalue weighted by Gasteiger charge is 2.45. The third kappa shape index (κ3) is 1.52. The normalized spacial score (nSPS) is 26.2. The molecule has 0 aromatic rings. The van der Waals surface area contributed by atoms with Crippen molar-refractivity contribution in [2.45, 2.75) is 32.7 Å². The third-order valence-electron chi connectivity index (χ3n) is 2.60. The predicted molar refractivity (Wildman–Crippen MR) is 55.2 cm³/mol. The summed E-state index contributed by atoms with van der Waals surface area (Å²) in [6.45, 7) is 6.30. The molecule has 2 aliphatic rings. The van der Waals surface area contributed by atoms with Gasteiger partial charge in [0.25, 0.3) is 5.91 Å². The van der Waals surface area contributed by atoms with E-state index in [9.17, 15) is 9.59 Å². The van der Waals surface area contributed by atoms with E-state index in [4.69, 9.17) is 0 Å². The Hall–Kier alpha value is -1.39. The maximum Gasteiger partial charge on any atom is 0.261 e. The van der Waals surface area contributed by atoms with Crippen LogP contribution < -0.4 is 5.32 Å². The molecule has 1 unspecified atom stereocenters. The maximum atomic E-state index is 11.9. The average molecular weight is 209 g/mol. The maximum absolute atomic E-state index is 11.9. The molecule has 0 radical (unpaired) electrons. The van der Waals surface area contributed by atoms with Crippen molar-refractivity contribution in [3.63, 3.8) is 0 Å². The summed E-state index contributed by atoms with van der Waals surface area (Å²) in [5, 5.41) is 8.37. The topological polar surface area (TPSA) is 61.8 Å². The van der Waals surface area contributed by atoms with Gasteiger partial charge >= 0.3 is 0 Å². The summed E-state index contributed by atoms with van der Waals surface area (Å²) in [4.78, 5) is 23.5. The van der Waals surface area contributed by atoms with Crippen LogP contribution in [-0.2, 0) is 9.59 Å². The summed E-state index contributed by atoms with van der Waals surface area (Å²) >= 11 is 0. The first-order valence-corrected chi connectivity index (χ1v) is 5.10. The van der Waals surface area contributed by atoms with Crippen molar-refractivity contribution >= 4 is 17.5 Å². The molecule has 5 nitrogen and oxygen atoms in total. The standard InChI is InChI=1S/C10H15N3O2/c1-10(2,3)13-9(15)7-6(12-13)4-5-11-8(7)14/h7H,4-5H2,1-3H3,(H,11,14). The molecule has 2 rings (SSSR count). The van der Waals surface area contributed by atoms with Crippen LogP contribution in [0.2, 0.25) is 0 Å². The van der Waals surface area contributed by atoms with Gasteiger partial charge in [-0.05, 0) is 20.8 Å². The van der Waals surface area contributed by atoms with Crippen molar-refractivity contribution in [1.82, 2.24) is 10.3 Å². The fraction of sp³-hybridized carbons (Fsp3) is 0.700. The quantitative estimate of drug-likeness (QED) is 0.576. The molecule has 1 N–H and O–H groups in total. The molecule has 0 aromatic heterocycles. The molecule has 82 valence electrons. The lowest BCUT2D eigenvalue weighted by Crippen LogP contribution is -2.48. The van der Waals surface area contributed by atoms with Crippen LogP contribution in [0.15, 0.2) is 5.10 Å². The molecular formula is C10H15N3O2. The number of hydrogen-bond acceptors (Lipinski definition) is 3. The number of carbonyl (C=O) groups is 2. The second-order valence-corrected chi connectivity index (χ2v) is 4.89. The predicted octanol–water partition coefficient (Wildman–Crippen LogP) is 0.119. The van der Waals surface area contributed by atoms with Crippen LogP contribution >= 0.6 is 0 Å². The highest BCUT2D eigenvalue weighted by atomic mass is 16.2. The summed E-state index contributed by atoms with van der Waals surface area (Å²) in [7, 11) is 0. The van der Waals surface area contributed by atoms with Gasteiger partial charge in [0.2, 0.25) is 5.91 Å². The van der Waals surface area contributed by atoms with E-state index in [1.807, 2.05) is 20.8 Å². The second-order valence-electron chi connectivity index (χ2n) is 4.89. The summed E-state index contributed by atoms with van der Waals surface area (Å²) in [5.41, 5.74) is 0.348. The SMILES string of the molecule is CC(C)(C)N1N=C2CCNC(=O)C2C1=O. The van der Waals surface area contributed by atoms with E-state index >= 15 is 0 Å². The van der Waals surface area contributed by atoms with E-state index in [0.717, 1.165) is 0 Å². The molecule has 1 saturated heterocycles. The van der Waals surface area contributed by atoms with E-state index < -0.39 is 5.92 Å². The van der Waals surface area contributed by atoms with Gasteiger partial charge in [-0.3, -0.25) is 9.59 Å². The van der Waals surface area contributed by atoms with Crippen LogP contribution in [0.4, 0.5) is 0 Å². The Balaban J connectivity index is 2.32. The lowest BCUT2D eigenvalue weighted by molar-refractivity contribution is -0.141. The van der Waals surface area contributed by atoms with Crippen molar-refractivity contribution in [3.8, 4) is 0 Å². The molecule has 1 atom stereocenters. The van der Waals surface area contributed by atoms with Gasteiger partial charge in [0.1, 0.15) is 0 Å². The Bertz CT molecular complexity index is 354.